The Labute approximate surface area is 183 Å². The molecule has 0 spiro atoms. The smallest absolute Gasteiger partial charge is 0.243 e. The van der Waals surface area contributed by atoms with E-state index in [2.05, 4.69) is 24.9 Å². The molecule has 4 aromatic rings. The van der Waals surface area contributed by atoms with Crippen LogP contribution in [0.4, 0.5) is 10.3 Å². The molecule has 12 heteroatoms. The predicted octanol–water partition coefficient (Wildman–Crippen LogP) is 2.84. The van der Waals surface area contributed by atoms with E-state index in [1.165, 1.54) is 24.9 Å². The van der Waals surface area contributed by atoms with E-state index in [0.717, 1.165) is 12.4 Å². The number of ether oxygens (including phenoxy) is 1. The monoisotopic (exact) mass is 458 g/mol. The van der Waals surface area contributed by atoms with Crippen LogP contribution in [0.15, 0.2) is 59.5 Å². The minimum Gasteiger partial charge on any atom is -0.495 e. The van der Waals surface area contributed by atoms with Crippen molar-refractivity contribution in [3.8, 4) is 23.0 Å². The van der Waals surface area contributed by atoms with E-state index in [-0.39, 0.29) is 24.0 Å². The van der Waals surface area contributed by atoms with Crippen LogP contribution in [-0.2, 0) is 16.4 Å². The van der Waals surface area contributed by atoms with E-state index >= 15 is 0 Å². The van der Waals surface area contributed by atoms with Gasteiger partial charge in [-0.1, -0.05) is 12.1 Å². The Kier molecular flexibility index (Phi) is 5.86. The quantitative estimate of drug-likeness (QED) is 0.427. The number of furan rings is 1. The number of sulfonamides is 1. The van der Waals surface area contributed by atoms with E-state index < -0.39 is 21.1 Å². The van der Waals surface area contributed by atoms with Gasteiger partial charge in [0.15, 0.2) is 11.6 Å². The number of benzene rings is 1. The molecule has 1 N–H and O–H groups in total. The number of methoxy groups -OCH3 is 1. The Hall–Kier alpha value is -3.80. The summed E-state index contributed by atoms with van der Waals surface area (Å²) in [7, 11) is -2.44. The lowest BCUT2D eigenvalue weighted by atomic mass is 10.2. The minimum atomic E-state index is -3.95. The zero-order chi connectivity index (χ0) is 22.7. The molecule has 4 rings (SSSR count). The zero-order valence-electron chi connectivity index (χ0n) is 17.1. The second-order valence-corrected chi connectivity index (χ2v) is 8.91. The number of nitrogens with zero attached hydrogens (tertiary/aromatic N) is 5. The Bertz CT molecular complexity index is 1310. The maximum absolute atomic E-state index is 13.0. The van der Waals surface area contributed by atoms with E-state index in [1.54, 1.807) is 36.4 Å². The molecule has 0 unspecified atom stereocenters. The third-order valence-corrected chi connectivity index (χ3v) is 6.33. The summed E-state index contributed by atoms with van der Waals surface area (Å²) in [5, 5.41) is 7.21. The average molecular weight is 458 g/mol. The van der Waals surface area contributed by atoms with Crippen molar-refractivity contribution in [3.63, 3.8) is 0 Å². The Morgan fingerprint density at radius 1 is 1.16 bits per heavy atom. The molecule has 0 bridgehead atoms. The van der Waals surface area contributed by atoms with Gasteiger partial charge in [-0.15, -0.1) is 10.2 Å². The molecule has 1 aromatic carbocycles. The largest absolute Gasteiger partial charge is 0.495 e. The van der Waals surface area contributed by atoms with Crippen molar-refractivity contribution in [1.82, 2.24) is 24.7 Å². The van der Waals surface area contributed by atoms with Gasteiger partial charge in [0, 0.05) is 6.42 Å². The van der Waals surface area contributed by atoms with Gasteiger partial charge in [-0.05, 0) is 31.2 Å². The molecular weight excluding hydrogens is 439 g/mol. The molecule has 0 fully saturated rings. The lowest BCUT2D eigenvalue weighted by molar-refractivity contribution is 0.413. The highest BCUT2D eigenvalue weighted by molar-refractivity contribution is 7.93. The first-order valence-corrected chi connectivity index (χ1v) is 11.0. The van der Waals surface area contributed by atoms with Crippen molar-refractivity contribution in [2.24, 2.45) is 0 Å². The number of anilines is 1. The van der Waals surface area contributed by atoms with E-state index in [9.17, 15) is 12.8 Å². The van der Waals surface area contributed by atoms with Crippen LogP contribution in [0.5, 0.6) is 5.75 Å². The normalized spacial score (nSPS) is 12.5. The molecule has 0 saturated heterocycles. The highest BCUT2D eigenvalue weighted by Crippen LogP contribution is 2.31. The lowest BCUT2D eigenvalue weighted by Crippen LogP contribution is -2.29. The van der Waals surface area contributed by atoms with Crippen LogP contribution in [0.2, 0.25) is 0 Å². The standard InChI is InChI=1S/C20H19FN6O4S/c1-13(10-18-22-11-14(21)12-23-18)32(28,29)26-20-25-24-19(17-8-5-9-31-17)27(20)15-6-3-4-7-16(15)30-2/h3-9,11-13H,10H2,1-2H3,(H,25,26)/t13-/m1/s1. The second-order valence-electron chi connectivity index (χ2n) is 6.81. The molecule has 0 amide bonds. The van der Waals surface area contributed by atoms with Crippen molar-refractivity contribution in [2.45, 2.75) is 18.6 Å². The van der Waals surface area contributed by atoms with Crippen LogP contribution < -0.4 is 9.46 Å². The molecule has 3 heterocycles. The maximum Gasteiger partial charge on any atom is 0.243 e. The van der Waals surface area contributed by atoms with Crippen LogP contribution in [0.25, 0.3) is 17.3 Å². The van der Waals surface area contributed by atoms with Crippen LogP contribution in [0.3, 0.4) is 0 Å². The summed E-state index contributed by atoms with van der Waals surface area (Å²) >= 11 is 0. The highest BCUT2D eigenvalue weighted by atomic mass is 32.2. The number of para-hydroxylation sites is 2. The fourth-order valence-corrected chi connectivity index (χ4v) is 3.95. The van der Waals surface area contributed by atoms with Gasteiger partial charge in [-0.3, -0.25) is 9.29 Å². The maximum atomic E-state index is 13.0. The number of halogens is 1. The molecule has 3 aromatic heterocycles. The van der Waals surface area contributed by atoms with Crippen molar-refractivity contribution in [1.29, 1.82) is 0 Å². The van der Waals surface area contributed by atoms with Gasteiger partial charge in [-0.25, -0.2) is 22.8 Å². The van der Waals surface area contributed by atoms with E-state index in [0.29, 0.717) is 17.2 Å². The average Bonchev–Trinajstić information content (AvgIpc) is 3.45. The van der Waals surface area contributed by atoms with Crippen LogP contribution in [0, 0.1) is 5.82 Å². The fourth-order valence-electron chi connectivity index (χ4n) is 3.00. The molecule has 0 aliphatic heterocycles. The van der Waals surface area contributed by atoms with Gasteiger partial charge < -0.3 is 9.15 Å². The molecule has 1 atom stereocenters. The van der Waals surface area contributed by atoms with Crippen molar-refractivity contribution in [2.75, 3.05) is 11.8 Å². The predicted molar refractivity (Wildman–Crippen MR) is 113 cm³/mol. The van der Waals surface area contributed by atoms with Crippen molar-refractivity contribution in [3.05, 3.63) is 66.7 Å². The second kappa shape index (κ2) is 8.75. The lowest BCUT2D eigenvalue weighted by Gasteiger charge is -2.16. The first kappa shape index (κ1) is 21.4. The van der Waals surface area contributed by atoms with Crippen molar-refractivity contribution < 1.29 is 22.0 Å². The molecule has 10 nitrogen and oxygen atoms in total. The first-order valence-electron chi connectivity index (χ1n) is 9.50. The van der Waals surface area contributed by atoms with Gasteiger partial charge in [-0.2, -0.15) is 0 Å². The van der Waals surface area contributed by atoms with Gasteiger partial charge in [0.25, 0.3) is 0 Å². The van der Waals surface area contributed by atoms with E-state index in [1.807, 2.05) is 0 Å². The van der Waals surface area contributed by atoms with E-state index in [4.69, 9.17) is 9.15 Å². The number of aromatic nitrogens is 5. The third kappa shape index (κ3) is 4.30. The fraction of sp³-hybridized carbons (Fsp3) is 0.200. The Balaban J connectivity index is 1.71. The Morgan fingerprint density at radius 2 is 1.91 bits per heavy atom. The van der Waals surface area contributed by atoms with Crippen LogP contribution >= 0.6 is 0 Å². The van der Waals surface area contributed by atoms with Crippen molar-refractivity contribution >= 4 is 16.0 Å². The van der Waals surface area contributed by atoms with Crippen LogP contribution in [-0.4, -0.2) is 45.5 Å². The van der Waals surface area contributed by atoms with Crippen LogP contribution in [0.1, 0.15) is 12.7 Å². The molecular formula is C20H19FN6O4S. The number of rotatable bonds is 8. The van der Waals surface area contributed by atoms with Gasteiger partial charge in [0.2, 0.25) is 21.8 Å². The highest BCUT2D eigenvalue weighted by Gasteiger charge is 2.27. The Morgan fingerprint density at radius 3 is 2.59 bits per heavy atom. The molecule has 32 heavy (non-hydrogen) atoms. The zero-order valence-corrected chi connectivity index (χ0v) is 18.0. The first-order chi connectivity index (χ1) is 15.4. The molecule has 0 aliphatic carbocycles. The minimum absolute atomic E-state index is 0.0244. The molecule has 0 radical (unpaired) electrons. The van der Waals surface area contributed by atoms with Gasteiger partial charge in [0.05, 0.1) is 36.7 Å². The molecule has 0 aliphatic rings. The number of hydrogen-bond donors (Lipinski definition) is 1. The molecule has 0 saturated carbocycles. The summed E-state index contributed by atoms with van der Waals surface area (Å²) in [6.45, 7) is 1.49. The summed E-state index contributed by atoms with van der Waals surface area (Å²) in [4.78, 5) is 7.65. The summed E-state index contributed by atoms with van der Waals surface area (Å²) in [5.74, 6) is 0.707. The summed E-state index contributed by atoms with van der Waals surface area (Å²) < 4.78 is 54.0. The summed E-state index contributed by atoms with van der Waals surface area (Å²) in [5.41, 5.74) is 0.513. The summed E-state index contributed by atoms with van der Waals surface area (Å²) in [6.07, 6.45) is 3.43. The topological polar surface area (TPSA) is 125 Å². The van der Waals surface area contributed by atoms with Gasteiger partial charge >= 0.3 is 0 Å². The number of hydrogen-bond acceptors (Lipinski definition) is 8. The summed E-state index contributed by atoms with van der Waals surface area (Å²) in [6, 6.07) is 10.4. The third-order valence-electron chi connectivity index (χ3n) is 4.64. The van der Waals surface area contributed by atoms with Gasteiger partial charge in [0.1, 0.15) is 11.6 Å². The molecule has 166 valence electrons. The SMILES string of the molecule is COc1ccccc1-n1c(NS(=O)(=O)[C@H](C)Cc2ncc(F)cn2)nnc1-c1ccco1. The number of nitrogens with one attached hydrogen (secondary N) is 1.